The molecule has 3 aromatic carbocycles. The fourth-order valence-corrected chi connectivity index (χ4v) is 3.89. The van der Waals surface area contributed by atoms with Gasteiger partial charge < -0.3 is 10.2 Å². The van der Waals surface area contributed by atoms with Crippen LogP contribution in [-0.4, -0.2) is 30.0 Å². The van der Waals surface area contributed by atoms with E-state index >= 15 is 0 Å². The Morgan fingerprint density at radius 3 is 2.32 bits per heavy atom. The second-order valence-electron chi connectivity index (χ2n) is 7.15. The quantitative estimate of drug-likeness (QED) is 0.398. The number of carbonyl (C=O) groups excluding carboxylic acids is 1. The highest BCUT2D eigenvalue weighted by Gasteiger charge is 2.25. The summed E-state index contributed by atoms with van der Waals surface area (Å²) in [5, 5.41) is 0. The van der Waals surface area contributed by atoms with Crippen molar-refractivity contribution in [3.63, 3.8) is 0 Å². The molecular formula is C24H26O6S. The van der Waals surface area contributed by atoms with Gasteiger partial charge >= 0.3 is 0 Å². The zero-order chi connectivity index (χ0) is 21.6. The van der Waals surface area contributed by atoms with Crippen LogP contribution in [0.4, 0.5) is 0 Å². The Labute approximate surface area is 182 Å². The van der Waals surface area contributed by atoms with Gasteiger partial charge in [0.15, 0.2) is 5.78 Å². The van der Waals surface area contributed by atoms with E-state index < -0.39 is 21.8 Å². The van der Waals surface area contributed by atoms with E-state index in [0.717, 1.165) is 16.7 Å². The van der Waals surface area contributed by atoms with Gasteiger partial charge in [-0.05, 0) is 42.2 Å². The summed E-state index contributed by atoms with van der Waals surface area (Å²) in [6, 6.07) is 24.0. The van der Waals surface area contributed by atoms with Gasteiger partial charge in [0.05, 0.1) is 5.75 Å². The first kappa shape index (κ1) is 24.3. The normalized spacial score (nSPS) is 11.9. The van der Waals surface area contributed by atoms with Crippen LogP contribution >= 0.6 is 0 Å². The van der Waals surface area contributed by atoms with Crippen molar-refractivity contribution in [3.8, 4) is 5.75 Å². The van der Waals surface area contributed by atoms with Gasteiger partial charge in [-0.25, -0.2) is 0 Å². The average molecular weight is 443 g/mol. The first-order chi connectivity index (χ1) is 14.3. The summed E-state index contributed by atoms with van der Waals surface area (Å²) >= 11 is 0. The maximum absolute atomic E-state index is 13.3. The Morgan fingerprint density at radius 2 is 1.65 bits per heavy atom. The van der Waals surface area contributed by atoms with Crippen LogP contribution in [0.25, 0.3) is 0 Å². The zero-order valence-corrected chi connectivity index (χ0v) is 18.0. The third-order valence-corrected chi connectivity index (χ3v) is 5.66. The number of benzene rings is 3. The first-order valence-corrected chi connectivity index (χ1v) is 11.3. The van der Waals surface area contributed by atoms with Gasteiger partial charge in [0.25, 0.3) is 10.1 Å². The minimum atomic E-state index is -4.18. The molecule has 0 saturated heterocycles. The molecular weight excluding hydrogens is 416 g/mol. The maximum Gasteiger partial charge on any atom is 0.264 e. The van der Waals surface area contributed by atoms with Gasteiger partial charge in [-0.2, -0.15) is 8.42 Å². The highest BCUT2D eigenvalue weighted by molar-refractivity contribution is 7.85. The van der Waals surface area contributed by atoms with Crippen molar-refractivity contribution in [3.05, 3.63) is 101 Å². The van der Waals surface area contributed by atoms with Crippen molar-refractivity contribution in [2.24, 2.45) is 0 Å². The molecule has 0 aliphatic carbocycles. The molecule has 0 aliphatic heterocycles. The van der Waals surface area contributed by atoms with Crippen LogP contribution in [0.15, 0.2) is 78.9 Å². The van der Waals surface area contributed by atoms with Crippen molar-refractivity contribution in [1.82, 2.24) is 0 Å². The summed E-state index contributed by atoms with van der Waals surface area (Å²) < 4.78 is 37.6. The summed E-state index contributed by atoms with van der Waals surface area (Å²) in [6.07, 6.45) is -0.00236. The Bertz CT molecular complexity index is 1110. The predicted molar refractivity (Wildman–Crippen MR) is 120 cm³/mol. The van der Waals surface area contributed by atoms with E-state index in [9.17, 15) is 17.8 Å². The summed E-state index contributed by atoms with van der Waals surface area (Å²) in [5.41, 5.74) is 3.09. The lowest BCUT2D eigenvalue weighted by molar-refractivity contribution is 0.0956. The summed E-state index contributed by atoms with van der Waals surface area (Å²) in [7, 11) is -4.18. The Kier molecular flexibility index (Phi) is 8.50. The maximum atomic E-state index is 13.3. The summed E-state index contributed by atoms with van der Waals surface area (Å²) in [4.78, 5) is 13.3. The molecule has 1 unspecified atom stereocenters. The smallest absolute Gasteiger partial charge is 0.264 e. The minimum Gasteiger partial charge on any atom is -0.489 e. The fraction of sp³-hybridized carbons (Fsp3) is 0.208. The van der Waals surface area contributed by atoms with Crippen LogP contribution < -0.4 is 4.74 Å². The number of rotatable bonds is 9. The Hall–Kier alpha value is -3.00. The largest absolute Gasteiger partial charge is 0.489 e. The van der Waals surface area contributed by atoms with E-state index in [4.69, 9.17) is 4.74 Å². The highest BCUT2D eigenvalue weighted by Crippen LogP contribution is 2.29. The molecule has 31 heavy (non-hydrogen) atoms. The number of aryl methyl sites for hydroxylation is 1. The van der Waals surface area contributed by atoms with Crippen LogP contribution in [-0.2, 0) is 16.7 Å². The average Bonchev–Trinajstić information content (AvgIpc) is 2.73. The van der Waals surface area contributed by atoms with Gasteiger partial charge in [-0.15, -0.1) is 0 Å². The molecule has 0 amide bonds. The third kappa shape index (κ3) is 7.03. The predicted octanol–water partition coefficient (Wildman–Crippen LogP) is 3.99. The van der Waals surface area contributed by atoms with Gasteiger partial charge in [0, 0.05) is 11.5 Å². The fourth-order valence-electron chi connectivity index (χ4n) is 3.35. The molecule has 0 heterocycles. The van der Waals surface area contributed by atoms with Crippen LogP contribution in [0.2, 0.25) is 0 Å². The molecule has 0 aliphatic rings. The molecule has 6 nitrogen and oxygen atoms in total. The number of Topliss-reactive ketones (excluding diaryl/α,β-unsaturated/α-hetero) is 1. The standard InChI is InChI=1S/C24H24O5S.H2O/c1-18-8-5-6-13-22(18)23(14-15-30(26,27)28)24(25)20-11-7-12-21(16-20)29-17-19-9-3-2-4-10-19;/h2-13,16,23H,14-15,17H2,1H3,(H,26,27,28);1H2. The van der Waals surface area contributed by atoms with Crippen molar-refractivity contribution >= 4 is 15.9 Å². The lowest BCUT2D eigenvalue weighted by Gasteiger charge is -2.18. The van der Waals surface area contributed by atoms with Gasteiger partial charge in [0.1, 0.15) is 12.4 Å². The van der Waals surface area contributed by atoms with E-state index in [1.54, 1.807) is 24.3 Å². The van der Waals surface area contributed by atoms with Crippen molar-refractivity contribution in [2.75, 3.05) is 5.75 Å². The van der Waals surface area contributed by atoms with Crippen LogP contribution in [0.3, 0.4) is 0 Å². The van der Waals surface area contributed by atoms with Gasteiger partial charge in [-0.1, -0.05) is 66.7 Å². The lowest BCUT2D eigenvalue weighted by Crippen LogP contribution is -2.18. The van der Waals surface area contributed by atoms with E-state index in [0.29, 0.717) is 17.9 Å². The number of ketones is 1. The van der Waals surface area contributed by atoms with E-state index in [2.05, 4.69) is 0 Å². The van der Waals surface area contributed by atoms with E-state index in [1.165, 1.54) is 0 Å². The number of carbonyl (C=O) groups is 1. The molecule has 0 bridgehead atoms. The Balaban J connectivity index is 0.00000341. The second-order valence-corrected chi connectivity index (χ2v) is 8.72. The SMILES string of the molecule is Cc1ccccc1C(CCS(=O)(=O)O)C(=O)c1cccc(OCc2ccccc2)c1.O. The molecule has 7 heteroatoms. The zero-order valence-electron chi connectivity index (χ0n) is 17.2. The molecule has 0 radical (unpaired) electrons. The molecule has 0 saturated carbocycles. The molecule has 164 valence electrons. The van der Waals surface area contributed by atoms with E-state index in [-0.39, 0.29) is 17.7 Å². The van der Waals surface area contributed by atoms with Crippen LogP contribution in [0.5, 0.6) is 5.75 Å². The molecule has 3 rings (SSSR count). The van der Waals surface area contributed by atoms with Gasteiger partial charge in [-0.3, -0.25) is 9.35 Å². The Morgan fingerprint density at radius 1 is 0.968 bits per heavy atom. The molecule has 3 aromatic rings. The number of hydrogen-bond donors (Lipinski definition) is 1. The minimum absolute atomic E-state index is 0. The number of ether oxygens (including phenoxy) is 1. The van der Waals surface area contributed by atoms with Crippen molar-refractivity contribution in [2.45, 2.75) is 25.9 Å². The summed E-state index contributed by atoms with van der Waals surface area (Å²) in [5.74, 6) is -0.819. The molecule has 0 aromatic heterocycles. The number of hydrogen-bond acceptors (Lipinski definition) is 4. The lowest BCUT2D eigenvalue weighted by atomic mass is 9.86. The monoisotopic (exact) mass is 442 g/mol. The molecule has 0 spiro atoms. The van der Waals surface area contributed by atoms with Crippen molar-refractivity contribution < 1.29 is 28.0 Å². The van der Waals surface area contributed by atoms with E-state index in [1.807, 2.05) is 61.5 Å². The molecule has 3 N–H and O–H groups in total. The van der Waals surface area contributed by atoms with Crippen LogP contribution in [0.1, 0.15) is 39.4 Å². The van der Waals surface area contributed by atoms with Crippen molar-refractivity contribution in [1.29, 1.82) is 0 Å². The first-order valence-electron chi connectivity index (χ1n) is 9.65. The topological polar surface area (TPSA) is 112 Å². The molecule has 1 atom stereocenters. The third-order valence-electron chi connectivity index (χ3n) is 4.91. The molecule has 0 fully saturated rings. The second kappa shape index (κ2) is 10.9. The highest BCUT2D eigenvalue weighted by atomic mass is 32.2. The van der Waals surface area contributed by atoms with Gasteiger partial charge in [0.2, 0.25) is 0 Å². The summed E-state index contributed by atoms with van der Waals surface area (Å²) in [6.45, 7) is 2.25. The van der Waals surface area contributed by atoms with Crippen LogP contribution in [0, 0.1) is 6.92 Å².